The fraction of sp³-hybridized carbons (Fsp3) is 0.208. The molecule has 0 aliphatic carbocycles. The van der Waals surface area contributed by atoms with Gasteiger partial charge in [0.25, 0.3) is 5.91 Å². The second-order valence-electron chi connectivity index (χ2n) is 7.21. The van der Waals surface area contributed by atoms with Crippen molar-refractivity contribution in [2.75, 3.05) is 18.4 Å². The average Bonchev–Trinajstić information content (AvgIpc) is 3.17. The van der Waals surface area contributed by atoms with Gasteiger partial charge in [-0.1, -0.05) is 48.5 Å². The lowest BCUT2D eigenvalue weighted by Crippen LogP contribution is -2.27. The number of nitrogens with one attached hydrogen (secondary N) is 3. The van der Waals surface area contributed by atoms with E-state index in [1.807, 2.05) is 36.5 Å². The molecule has 2 aromatic carbocycles. The smallest absolute Gasteiger partial charge is 0.270 e. The maximum atomic E-state index is 12.5. The fourth-order valence-corrected chi connectivity index (χ4v) is 3.49. The molecule has 4 aromatic rings. The van der Waals surface area contributed by atoms with Gasteiger partial charge in [0.15, 0.2) is 0 Å². The fourth-order valence-electron chi connectivity index (χ4n) is 3.49. The van der Waals surface area contributed by atoms with Crippen LogP contribution in [0.3, 0.4) is 0 Å². The molecule has 1 amide bonds. The first-order chi connectivity index (χ1) is 14.7. The van der Waals surface area contributed by atoms with Gasteiger partial charge in [0.2, 0.25) is 0 Å². The first-order valence-electron chi connectivity index (χ1n) is 10.2. The standard InChI is InChI=1S/C24H25N5O/c1-17-28-22(24(30)26-13-11-18-7-3-2-4-8-18)15-23(29-17)25-14-12-19-16-27-21-10-6-5-9-20(19)21/h2-10,15-16,27H,11-14H2,1H3,(H,26,30)(H,25,28,29). The number of aryl methyl sites for hydroxylation is 1. The number of amides is 1. The Morgan fingerprint density at radius 3 is 2.63 bits per heavy atom. The Kier molecular flexibility index (Phi) is 6.03. The number of benzene rings is 2. The number of H-pyrrole nitrogens is 1. The summed E-state index contributed by atoms with van der Waals surface area (Å²) >= 11 is 0. The molecule has 6 nitrogen and oxygen atoms in total. The average molecular weight is 399 g/mol. The van der Waals surface area contributed by atoms with Gasteiger partial charge in [0.1, 0.15) is 17.3 Å². The normalized spacial score (nSPS) is 10.8. The van der Waals surface area contributed by atoms with Gasteiger partial charge in [-0.2, -0.15) is 0 Å². The molecule has 0 spiro atoms. The highest BCUT2D eigenvalue weighted by atomic mass is 16.1. The summed E-state index contributed by atoms with van der Waals surface area (Å²) in [7, 11) is 0. The van der Waals surface area contributed by atoms with Crippen molar-refractivity contribution >= 4 is 22.6 Å². The lowest BCUT2D eigenvalue weighted by molar-refractivity contribution is 0.0949. The zero-order valence-corrected chi connectivity index (χ0v) is 17.0. The highest BCUT2D eigenvalue weighted by Gasteiger charge is 2.10. The molecule has 4 rings (SSSR count). The first-order valence-corrected chi connectivity index (χ1v) is 10.2. The van der Waals surface area contributed by atoms with Crippen LogP contribution in [0.15, 0.2) is 66.9 Å². The predicted molar refractivity (Wildman–Crippen MR) is 120 cm³/mol. The monoisotopic (exact) mass is 399 g/mol. The Balaban J connectivity index is 1.33. The zero-order chi connectivity index (χ0) is 20.8. The summed E-state index contributed by atoms with van der Waals surface area (Å²) in [6, 6.07) is 20.1. The van der Waals surface area contributed by atoms with E-state index >= 15 is 0 Å². The van der Waals surface area contributed by atoms with E-state index in [1.54, 1.807) is 13.0 Å². The maximum absolute atomic E-state index is 12.5. The van der Waals surface area contributed by atoms with Crippen molar-refractivity contribution in [2.45, 2.75) is 19.8 Å². The summed E-state index contributed by atoms with van der Waals surface area (Å²) in [5.41, 5.74) is 3.96. The Morgan fingerprint density at radius 1 is 0.967 bits per heavy atom. The summed E-state index contributed by atoms with van der Waals surface area (Å²) in [5.74, 6) is 1.05. The van der Waals surface area contributed by atoms with Crippen molar-refractivity contribution in [1.82, 2.24) is 20.3 Å². The van der Waals surface area contributed by atoms with Gasteiger partial charge >= 0.3 is 0 Å². The maximum Gasteiger partial charge on any atom is 0.270 e. The van der Waals surface area contributed by atoms with Gasteiger partial charge in [-0.15, -0.1) is 0 Å². The van der Waals surface area contributed by atoms with Crippen LogP contribution in [0.25, 0.3) is 10.9 Å². The van der Waals surface area contributed by atoms with Gasteiger partial charge in [0.05, 0.1) is 0 Å². The highest BCUT2D eigenvalue weighted by molar-refractivity contribution is 5.92. The van der Waals surface area contributed by atoms with Crippen LogP contribution < -0.4 is 10.6 Å². The summed E-state index contributed by atoms with van der Waals surface area (Å²) in [4.78, 5) is 24.5. The first kappa shape index (κ1) is 19.6. The molecule has 0 fully saturated rings. The van der Waals surface area contributed by atoms with Crippen LogP contribution in [0, 0.1) is 6.92 Å². The van der Waals surface area contributed by atoms with E-state index in [1.165, 1.54) is 16.5 Å². The molecule has 0 saturated carbocycles. The SMILES string of the molecule is Cc1nc(NCCc2c[nH]c3ccccc23)cc(C(=O)NCCc2ccccc2)n1. The Hall–Kier alpha value is -3.67. The van der Waals surface area contributed by atoms with Crippen LogP contribution in [-0.2, 0) is 12.8 Å². The van der Waals surface area contributed by atoms with E-state index in [4.69, 9.17) is 0 Å². The van der Waals surface area contributed by atoms with Crippen LogP contribution in [0.1, 0.15) is 27.4 Å². The van der Waals surface area contributed by atoms with Crippen molar-refractivity contribution in [3.63, 3.8) is 0 Å². The predicted octanol–water partition coefficient (Wildman–Crippen LogP) is 3.89. The molecule has 2 aromatic heterocycles. The van der Waals surface area contributed by atoms with Crippen molar-refractivity contribution < 1.29 is 4.79 Å². The molecule has 30 heavy (non-hydrogen) atoms. The van der Waals surface area contributed by atoms with Gasteiger partial charge in [0, 0.05) is 36.3 Å². The quantitative estimate of drug-likeness (QED) is 0.420. The lowest BCUT2D eigenvalue weighted by atomic mass is 10.1. The molecule has 152 valence electrons. The number of carbonyl (C=O) groups is 1. The number of fused-ring (bicyclic) bond motifs is 1. The molecule has 0 atom stereocenters. The van der Waals surface area contributed by atoms with E-state index < -0.39 is 0 Å². The molecule has 0 radical (unpaired) electrons. The molecule has 0 aliphatic rings. The minimum Gasteiger partial charge on any atom is -0.370 e. The molecule has 0 bridgehead atoms. The number of para-hydroxylation sites is 1. The van der Waals surface area contributed by atoms with Crippen molar-refractivity contribution in [3.05, 3.63) is 89.5 Å². The van der Waals surface area contributed by atoms with E-state index in [9.17, 15) is 4.79 Å². The molecular weight excluding hydrogens is 374 g/mol. The molecule has 0 saturated heterocycles. The highest BCUT2D eigenvalue weighted by Crippen LogP contribution is 2.18. The van der Waals surface area contributed by atoms with Gasteiger partial charge in [-0.05, 0) is 37.0 Å². The van der Waals surface area contributed by atoms with E-state index in [2.05, 4.69) is 49.9 Å². The van der Waals surface area contributed by atoms with Crippen molar-refractivity contribution in [2.24, 2.45) is 0 Å². The van der Waals surface area contributed by atoms with Crippen LogP contribution in [0.5, 0.6) is 0 Å². The summed E-state index contributed by atoms with van der Waals surface area (Å²) < 4.78 is 0. The number of carbonyl (C=O) groups excluding carboxylic acids is 1. The number of hydrogen-bond donors (Lipinski definition) is 3. The Morgan fingerprint density at radius 2 is 1.77 bits per heavy atom. The number of aromatic amines is 1. The van der Waals surface area contributed by atoms with Crippen LogP contribution in [0.2, 0.25) is 0 Å². The molecule has 6 heteroatoms. The Bertz CT molecular complexity index is 1140. The van der Waals surface area contributed by atoms with Gasteiger partial charge in [-0.25, -0.2) is 9.97 Å². The molecule has 0 unspecified atom stereocenters. The largest absolute Gasteiger partial charge is 0.370 e. The second kappa shape index (κ2) is 9.22. The van der Waals surface area contributed by atoms with E-state index in [0.717, 1.165) is 18.4 Å². The van der Waals surface area contributed by atoms with Crippen LogP contribution in [0.4, 0.5) is 5.82 Å². The Labute approximate surface area is 175 Å². The van der Waals surface area contributed by atoms with Gasteiger partial charge < -0.3 is 15.6 Å². The minimum atomic E-state index is -0.184. The second-order valence-corrected chi connectivity index (χ2v) is 7.21. The molecule has 3 N–H and O–H groups in total. The van der Waals surface area contributed by atoms with E-state index in [0.29, 0.717) is 30.4 Å². The van der Waals surface area contributed by atoms with Crippen LogP contribution in [-0.4, -0.2) is 33.9 Å². The molecular formula is C24H25N5O. The summed E-state index contributed by atoms with van der Waals surface area (Å²) in [5, 5.41) is 7.49. The number of rotatable bonds is 8. The number of hydrogen-bond acceptors (Lipinski definition) is 4. The third kappa shape index (κ3) is 4.84. The third-order valence-electron chi connectivity index (χ3n) is 4.99. The number of aromatic nitrogens is 3. The summed E-state index contributed by atoms with van der Waals surface area (Å²) in [6.07, 6.45) is 3.68. The third-order valence-corrected chi connectivity index (χ3v) is 4.99. The van der Waals surface area contributed by atoms with Crippen molar-refractivity contribution in [1.29, 1.82) is 0 Å². The lowest BCUT2D eigenvalue weighted by Gasteiger charge is -2.09. The summed E-state index contributed by atoms with van der Waals surface area (Å²) in [6.45, 7) is 3.08. The molecule has 0 aliphatic heterocycles. The zero-order valence-electron chi connectivity index (χ0n) is 17.0. The molecule has 2 heterocycles. The minimum absolute atomic E-state index is 0.184. The van der Waals surface area contributed by atoms with Crippen molar-refractivity contribution in [3.8, 4) is 0 Å². The van der Waals surface area contributed by atoms with E-state index in [-0.39, 0.29) is 5.91 Å². The topological polar surface area (TPSA) is 82.7 Å². The number of anilines is 1. The van der Waals surface area contributed by atoms with Crippen LogP contribution >= 0.6 is 0 Å². The number of nitrogens with zero attached hydrogens (tertiary/aromatic N) is 2. The van der Waals surface area contributed by atoms with Gasteiger partial charge in [-0.3, -0.25) is 4.79 Å².